The quantitative estimate of drug-likeness (QED) is 0.796. The highest BCUT2D eigenvalue weighted by atomic mass is 16.5. The SMILES string of the molecule is Cc1ccc(N)c(C)c1OCC1CCOC1. The predicted octanol–water partition coefficient (Wildman–Crippen LogP) is 2.30. The zero-order chi connectivity index (χ0) is 11.5. The molecule has 1 aliphatic heterocycles. The third-order valence-corrected chi connectivity index (χ3v) is 3.13. The number of nitrogen functional groups attached to an aromatic ring is 1. The molecule has 1 heterocycles. The lowest BCUT2D eigenvalue weighted by Gasteiger charge is -2.15. The minimum atomic E-state index is 0.528. The summed E-state index contributed by atoms with van der Waals surface area (Å²) in [5, 5.41) is 0. The van der Waals surface area contributed by atoms with Gasteiger partial charge < -0.3 is 15.2 Å². The van der Waals surface area contributed by atoms with Gasteiger partial charge in [-0.25, -0.2) is 0 Å². The van der Waals surface area contributed by atoms with Gasteiger partial charge in [0, 0.05) is 23.8 Å². The molecule has 2 N–H and O–H groups in total. The largest absolute Gasteiger partial charge is 0.493 e. The van der Waals surface area contributed by atoms with E-state index in [0.29, 0.717) is 5.92 Å². The maximum Gasteiger partial charge on any atom is 0.127 e. The van der Waals surface area contributed by atoms with Gasteiger partial charge >= 0.3 is 0 Å². The van der Waals surface area contributed by atoms with Crippen molar-refractivity contribution in [3.63, 3.8) is 0 Å². The van der Waals surface area contributed by atoms with E-state index < -0.39 is 0 Å². The van der Waals surface area contributed by atoms with E-state index >= 15 is 0 Å². The number of hydrogen-bond acceptors (Lipinski definition) is 3. The number of anilines is 1. The van der Waals surface area contributed by atoms with Crippen LogP contribution in [0.15, 0.2) is 12.1 Å². The molecule has 3 heteroatoms. The number of benzene rings is 1. The van der Waals surface area contributed by atoms with Gasteiger partial charge in [-0.1, -0.05) is 6.07 Å². The van der Waals surface area contributed by atoms with Gasteiger partial charge in [0.1, 0.15) is 5.75 Å². The summed E-state index contributed by atoms with van der Waals surface area (Å²) < 4.78 is 11.2. The Morgan fingerprint density at radius 2 is 2.25 bits per heavy atom. The topological polar surface area (TPSA) is 44.5 Å². The van der Waals surface area contributed by atoms with Crippen LogP contribution in [0.4, 0.5) is 5.69 Å². The smallest absolute Gasteiger partial charge is 0.127 e. The van der Waals surface area contributed by atoms with E-state index in [0.717, 1.165) is 48.8 Å². The molecule has 1 atom stereocenters. The molecule has 2 rings (SSSR count). The highest BCUT2D eigenvalue weighted by Gasteiger charge is 2.17. The second-order valence-corrected chi connectivity index (χ2v) is 4.47. The zero-order valence-electron chi connectivity index (χ0n) is 9.95. The lowest BCUT2D eigenvalue weighted by Crippen LogP contribution is -2.13. The van der Waals surface area contributed by atoms with E-state index in [9.17, 15) is 0 Å². The Hall–Kier alpha value is -1.22. The van der Waals surface area contributed by atoms with E-state index in [1.807, 2.05) is 26.0 Å². The molecule has 0 radical (unpaired) electrons. The first kappa shape index (κ1) is 11.3. The summed E-state index contributed by atoms with van der Waals surface area (Å²) >= 11 is 0. The molecule has 1 aromatic carbocycles. The van der Waals surface area contributed by atoms with Crippen LogP contribution in [0.25, 0.3) is 0 Å². The molecule has 0 bridgehead atoms. The van der Waals surface area contributed by atoms with Gasteiger partial charge in [-0.15, -0.1) is 0 Å². The van der Waals surface area contributed by atoms with Crippen LogP contribution in [-0.4, -0.2) is 19.8 Å². The standard InChI is InChI=1S/C13H19NO2/c1-9-3-4-12(14)10(2)13(9)16-8-11-5-6-15-7-11/h3-4,11H,5-8,14H2,1-2H3. The average Bonchev–Trinajstić information content (AvgIpc) is 2.77. The van der Waals surface area contributed by atoms with Crippen LogP contribution < -0.4 is 10.5 Å². The highest BCUT2D eigenvalue weighted by Crippen LogP contribution is 2.28. The fourth-order valence-corrected chi connectivity index (χ4v) is 1.98. The van der Waals surface area contributed by atoms with E-state index in [1.54, 1.807) is 0 Å². The third-order valence-electron chi connectivity index (χ3n) is 3.13. The number of aryl methyl sites for hydroxylation is 1. The normalized spacial score (nSPS) is 20.0. The summed E-state index contributed by atoms with van der Waals surface area (Å²) in [5.41, 5.74) is 8.85. The van der Waals surface area contributed by atoms with E-state index in [4.69, 9.17) is 15.2 Å². The van der Waals surface area contributed by atoms with Crippen molar-refractivity contribution in [2.45, 2.75) is 20.3 Å². The number of rotatable bonds is 3. The molecule has 1 aliphatic rings. The Morgan fingerprint density at radius 1 is 1.44 bits per heavy atom. The number of ether oxygens (including phenoxy) is 2. The molecule has 16 heavy (non-hydrogen) atoms. The lowest BCUT2D eigenvalue weighted by atomic mass is 10.1. The molecule has 1 fully saturated rings. The Labute approximate surface area is 96.5 Å². The summed E-state index contributed by atoms with van der Waals surface area (Å²) in [6, 6.07) is 3.93. The predicted molar refractivity (Wildman–Crippen MR) is 64.7 cm³/mol. The second kappa shape index (κ2) is 4.74. The second-order valence-electron chi connectivity index (χ2n) is 4.47. The van der Waals surface area contributed by atoms with Crippen molar-refractivity contribution in [3.05, 3.63) is 23.3 Å². The molecule has 88 valence electrons. The van der Waals surface area contributed by atoms with E-state index in [1.165, 1.54) is 0 Å². The molecule has 0 aliphatic carbocycles. The highest BCUT2D eigenvalue weighted by molar-refractivity contribution is 5.56. The van der Waals surface area contributed by atoms with E-state index in [-0.39, 0.29) is 0 Å². The van der Waals surface area contributed by atoms with Crippen molar-refractivity contribution < 1.29 is 9.47 Å². The molecular formula is C13H19NO2. The zero-order valence-corrected chi connectivity index (χ0v) is 9.95. The molecule has 1 saturated heterocycles. The average molecular weight is 221 g/mol. The van der Waals surface area contributed by atoms with Gasteiger partial charge in [-0.05, 0) is 31.9 Å². The number of hydrogen-bond donors (Lipinski definition) is 1. The van der Waals surface area contributed by atoms with Gasteiger partial charge in [-0.3, -0.25) is 0 Å². The van der Waals surface area contributed by atoms with Crippen LogP contribution in [0.2, 0.25) is 0 Å². The van der Waals surface area contributed by atoms with Crippen molar-refractivity contribution in [3.8, 4) is 5.75 Å². The van der Waals surface area contributed by atoms with Gasteiger partial charge in [0.15, 0.2) is 0 Å². The van der Waals surface area contributed by atoms with E-state index in [2.05, 4.69) is 0 Å². The first-order valence-corrected chi connectivity index (χ1v) is 5.74. The Balaban J connectivity index is 2.05. The van der Waals surface area contributed by atoms with Crippen LogP contribution in [0, 0.1) is 19.8 Å². The first-order chi connectivity index (χ1) is 7.68. The van der Waals surface area contributed by atoms with Crippen molar-refractivity contribution in [2.24, 2.45) is 5.92 Å². The van der Waals surface area contributed by atoms with Crippen molar-refractivity contribution in [1.82, 2.24) is 0 Å². The Kier molecular flexibility index (Phi) is 3.34. The minimum Gasteiger partial charge on any atom is -0.493 e. The van der Waals surface area contributed by atoms with Gasteiger partial charge in [0.05, 0.1) is 13.2 Å². The first-order valence-electron chi connectivity index (χ1n) is 5.74. The van der Waals surface area contributed by atoms with Gasteiger partial charge in [0.2, 0.25) is 0 Å². The summed E-state index contributed by atoms with van der Waals surface area (Å²) in [4.78, 5) is 0. The van der Waals surface area contributed by atoms with Crippen molar-refractivity contribution >= 4 is 5.69 Å². The monoisotopic (exact) mass is 221 g/mol. The van der Waals surface area contributed by atoms with Gasteiger partial charge in [-0.2, -0.15) is 0 Å². The fraction of sp³-hybridized carbons (Fsp3) is 0.538. The summed E-state index contributed by atoms with van der Waals surface area (Å²) in [6.07, 6.45) is 1.10. The van der Waals surface area contributed by atoms with Crippen molar-refractivity contribution in [1.29, 1.82) is 0 Å². The summed E-state index contributed by atoms with van der Waals surface area (Å²) in [6.45, 7) is 6.46. The summed E-state index contributed by atoms with van der Waals surface area (Å²) in [7, 11) is 0. The van der Waals surface area contributed by atoms with Crippen molar-refractivity contribution in [2.75, 3.05) is 25.6 Å². The Morgan fingerprint density at radius 3 is 2.94 bits per heavy atom. The molecular weight excluding hydrogens is 202 g/mol. The molecule has 1 aromatic rings. The molecule has 3 nitrogen and oxygen atoms in total. The third kappa shape index (κ3) is 2.30. The molecule has 0 saturated carbocycles. The maximum absolute atomic E-state index is 5.87. The Bertz CT molecular complexity index is 370. The molecule has 0 spiro atoms. The number of nitrogens with two attached hydrogens (primary N) is 1. The maximum atomic E-state index is 5.87. The van der Waals surface area contributed by atoms with Crippen LogP contribution >= 0.6 is 0 Å². The van der Waals surface area contributed by atoms with Crippen LogP contribution in [0.3, 0.4) is 0 Å². The van der Waals surface area contributed by atoms with Crippen LogP contribution in [0.1, 0.15) is 17.5 Å². The lowest BCUT2D eigenvalue weighted by molar-refractivity contribution is 0.166. The fourth-order valence-electron chi connectivity index (χ4n) is 1.98. The van der Waals surface area contributed by atoms with Crippen LogP contribution in [0.5, 0.6) is 5.75 Å². The molecule has 1 unspecified atom stereocenters. The minimum absolute atomic E-state index is 0.528. The summed E-state index contributed by atoms with van der Waals surface area (Å²) in [5.74, 6) is 1.46. The van der Waals surface area contributed by atoms with Gasteiger partial charge in [0.25, 0.3) is 0 Å². The molecule has 0 amide bonds. The molecule has 0 aromatic heterocycles. The van der Waals surface area contributed by atoms with Crippen LogP contribution in [-0.2, 0) is 4.74 Å².